The summed E-state index contributed by atoms with van der Waals surface area (Å²) in [6.45, 7) is 3.51. The molecule has 1 heterocycles. The van der Waals surface area contributed by atoms with E-state index >= 15 is 0 Å². The Hall–Kier alpha value is -0.250. The fourth-order valence-corrected chi connectivity index (χ4v) is 0.779. The van der Waals surface area contributed by atoms with Crippen molar-refractivity contribution in [3.8, 4) is 0 Å². The highest BCUT2D eigenvalue weighted by molar-refractivity contribution is 5.85. The van der Waals surface area contributed by atoms with Gasteiger partial charge in [-0.05, 0) is 6.92 Å². The Balaban J connectivity index is 0. The minimum absolute atomic E-state index is 0. The van der Waals surface area contributed by atoms with Crippen LogP contribution in [0.15, 0.2) is 12.4 Å². The van der Waals surface area contributed by atoms with Gasteiger partial charge in [0.2, 0.25) is 0 Å². The summed E-state index contributed by atoms with van der Waals surface area (Å²) in [4.78, 5) is 4.04. The van der Waals surface area contributed by atoms with Gasteiger partial charge >= 0.3 is 0 Å². The number of halogens is 2. The minimum Gasteiger partial charge on any atom is -0.334 e. The lowest BCUT2D eigenvalue weighted by molar-refractivity contribution is 0.684. The number of hydrogen-bond acceptors (Lipinski definition) is 2. The van der Waals surface area contributed by atoms with Crippen LogP contribution in [-0.4, -0.2) is 16.1 Å². The molecular formula is C6H13Cl2N3. The van der Waals surface area contributed by atoms with Gasteiger partial charge in [-0.3, -0.25) is 0 Å². The molecule has 0 saturated heterocycles. The largest absolute Gasteiger partial charge is 0.334 e. The summed E-state index contributed by atoms with van der Waals surface area (Å²) < 4.78 is 2.03. The molecule has 0 spiro atoms. The van der Waals surface area contributed by atoms with Crippen LogP contribution in [0.1, 0.15) is 5.82 Å². The van der Waals surface area contributed by atoms with Gasteiger partial charge in [-0.25, -0.2) is 4.98 Å². The van der Waals surface area contributed by atoms with Crippen molar-refractivity contribution in [1.82, 2.24) is 9.55 Å². The number of rotatable bonds is 2. The van der Waals surface area contributed by atoms with Gasteiger partial charge in [-0.1, -0.05) is 0 Å². The average molecular weight is 198 g/mol. The smallest absolute Gasteiger partial charge is 0.105 e. The molecule has 0 aliphatic carbocycles. The van der Waals surface area contributed by atoms with E-state index in [1.54, 1.807) is 6.20 Å². The SMILES string of the molecule is Cc1nccn1CCN.Cl.Cl. The summed E-state index contributed by atoms with van der Waals surface area (Å²) in [5, 5.41) is 0. The molecule has 0 radical (unpaired) electrons. The van der Waals surface area contributed by atoms with Crippen LogP contribution in [-0.2, 0) is 6.54 Å². The fraction of sp³-hybridized carbons (Fsp3) is 0.500. The Labute approximate surface area is 78.8 Å². The Morgan fingerprint density at radius 1 is 1.55 bits per heavy atom. The summed E-state index contributed by atoms with van der Waals surface area (Å²) in [5.74, 6) is 1.03. The van der Waals surface area contributed by atoms with Gasteiger partial charge < -0.3 is 10.3 Å². The van der Waals surface area contributed by atoms with Crippen molar-refractivity contribution in [3.63, 3.8) is 0 Å². The maximum Gasteiger partial charge on any atom is 0.105 e. The second-order valence-electron chi connectivity index (χ2n) is 1.96. The number of nitrogens with zero attached hydrogens (tertiary/aromatic N) is 2. The Bertz CT molecular complexity index is 188. The second-order valence-corrected chi connectivity index (χ2v) is 1.96. The fourth-order valence-electron chi connectivity index (χ4n) is 0.779. The molecule has 3 nitrogen and oxygen atoms in total. The summed E-state index contributed by atoms with van der Waals surface area (Å²) in [6, 6.07) is 0. The van der Waals surface area contributed by atoms with E-state index in [9.17, 15) is 0 Å². The summed E-state index contributed by atoms with van der Waals surface area (Å²) in [5.41, 5.74) is 5.34. The monoisotopic (exact) mass is 197 g/mol. The molecule has 0 unspecified atom stereocenters. The number of hydrogen-bond donors (Lipinski definition) is 1. The Morgan fingerprint density at radius 2 is 2.18 bits per heavy atom. The van der Waals surface area contributed by atoms with E-state index in [0.29, 0.717) is 6.54 Å². The third-order valence-electron chi connectivity index (χ3n) is 1.29. The zero-order valence-electron chi connectivity index (χ0n) is 6.36. The minimum atomic E-state index is 0. The van der Waals surface area contributed by atoms with Crippen LogP contribution in [0.2, 0.25) is 0 Å². The molecule has 0 atom stereocenters. The van der Waals surface area contributed by atoms with Crippen molar-refractivity contribution in [1.29, 1.82) is 0 Å². The van der Waals surface area contributed by atoms with Crippen molar-refractivity contribution in [2.24, 2.45) is 5.73 Å². The van der Waals surface area contributed by atoms with Gasteiger partial charge in [-0.2, -0.15) is 0 Å². The van der Waals surface area contributed by atoms with Crippen molar-refractivity contribution < 1.29 is 0 Å². The van der Waals surface area contributed by atoms with E-state index in [-0.39, 0.29) is 24.8 Å². The molecule has 1 rings (SSSR count). The first-order valence-corrected chi connectivity index (χ1v) is 3.02. The summed E-state index contributed by atoms with van der Waals surface area (Å²) >= 11 is 0. The third-order valence-corrected chi connectivity index (χ3v) is 1.29. The zero-order chi connectivity index (χ0) is 6.69. The van der Waals surface area contributed by atoms with Crippen molar-refractivity contribution in [2.45, 2.75) is 13.5 Å². The quantitative estimate of drug-likeness (QED) is 0.770. The third kappa shape index (κ3) is 3.60. The topological polar surface area (TPSA) is 43.8 Å². The number of aryl methyl sites for hydroxylation is 1. The normalized spacial score (nSPS) is 8.18. The lowest BCUT2D eigenvalue weighted by Crippen LogP contribution is -2.09. The van der Waals surface area contributed by atoms with Crippen molar-refractivity contribution in [3.05, 3.63) is 18.2 Å². The zero-order valence-corrected chi connectivity index (χ0v) is 7.99. The van der Waals surface area contributed by atoms with Crippen LogP contribution in [0, 0.1) is 6.92 Å². The molecule has 1 aromatic heterocycles. The number of aromatic nitrogens is 2. The van der Waals surface area contributed by atoms with Crippen LogP contribution in [0.4, 0.5) is 0 Å². The molecule has 2 N–H and O–H groups in total. The van der Waals surface area contributed by atoms with Gasteiger partial charge in [0.25, 0.3) is 0 Å². The maximum atomic E-state index is 5.34. The van der Waals surface area contributed by atoms with Crippen LogP contribution in [0.3, 0.4) is 0 Å². The predicted octanol–water partition coefficient (Wildman–Crippen LogP) is 0.994. The van der Waals surface area contributed by atoms with Crippen LogP contribution >= 0.6 is 24.8 Å². The van der Waals surface area contributed by atoms with E-state index < -0.39 is 0 Å². The van der Waals surface area contributed by atoms with Crippen molar-refractivity contribution in [2.75, 3.05) is 6.54 Å². The molecule has 0 bridgehead atoms. The second kappa shape index (κ2) is 6.46. The van der Waals surface area contributed by atoms with E-state index in [2.05, 4.69) is 4.98 Å². The molecule has 0 saturated carbocycles. The van der Waals surface area contributed by atoms with Gasteiger partial charge in [0.1, 0.15) is 5.82 Å². The summed E-state index contributed by atoms with van der Waals surface area (Å²) in [6.07, 6.45) is 3.72. The van der Waals surface area contributed by atoms with E-state index in [0.717, 1.165) is 12.4 Å². The standard InChI is InChI=1S/C6H11N3.2ClH/c1-6-8-3-5-9(6)4-2-7;;/h3,5H,2,4,7H2,1H3;2*1H. The number of imidazole rings is 1. The first-order chi connectivity index (χ1) is 4.34. The molecule has 0 fully saturated rings. The highest BCUT2D eigenvalue weighted by Crippen LogP contribution is 1.92. The molecule has 0 aromatic carbocycles. The Morgan fingerprint density at radius 3 is 2.55 bits per heavy atom. The van der Waals surface area contributed by atoms with E-state index in [1.807, 2.05) is 17.7 Å². The van der Waals surface area contributed by atoms with Gasteiger partial charge in [0, 0.05) is 25.5 Å². The van der Waals surface area contributed by atoms with E-state index in [1.165, 1.54) is 0 Å². The van der Waals surface area contributed by atoms with Crippen molar-refractivity contribution >= 4 is 24.8 Å². The Kier molecular flexibility index (Phi) is 7.84. The highest BCUT2D eigenvalue weighted by atomic mass is 35.5. The first-order valence-electron chi connectivity index (χ1n) is 3.02. The van der Waals surface area contributed by atoms with Gasteiger partial charge in [-0.15, -0.1) is 24.8 Å². The lowest BCUT2D eigenvalue weighted by Gasteiger charge is -1.99. The van der Waals surface area contributed by atoms with Crippen LogP contribution in [0.25, 0.3) is 0 Å². The molecule has 66 valence electrons. The lowest BCUT2D eigenvalue weighted by atomic mass is 10.6. The summed E-state index contributed by atoms with van der Waals surface area (Å²) in [7, 11) is 0. The molecule has 0 aliphatic rings. The number of nitrogens with two attached hydrogens (primary N) is 1. The maximum absolute atomic E-state index is 5.34. The molecular weight excluding hydrogens is 185 g/mol. The van der Waals surface area contributed by atoms with Gasteiger partial charge in [0.05, 0.1) is 0 Å². The highest BCUT2D eigenvalue weighted by Gasteiger charge is 1.91. The molecule has 0 aliphatic heterocycles. The molecule has 0 amide bonds. The van der Waals surface area contributed by atoms with Crippen LogP contribution < -0.4 is 5.73 Å². The van der Waals surface area contributed by atoms with E-state index in [4.69, 9.17) is 5.73 Å². The van der Waals surface area contributed by atoms with Gasteiger partial charge in [0.15, 0.2) is 0 Å². The molecule has 1 aromatic rings. The molecule has 5 heteroatoms. The van der Waals surface area contributed by atoms with Crippen LogP contribution in [0.5, 0.6) is 0 Å². The molecule has 11 heavy (non-hydrogen) atoms. The average Bonchev–Trinajstić information content (AvgIpc) is 2.18. The first kappa shape index (κ1) is 13.3. The predicted molar refractivity (Wildman–Crippen MR) is 50.5 cm³/mol.